The number of hydrogen-bond donors (Lipinski definition) is 1. The van der Waals surface area contributed by atoms with E-state index in [-0.39, 0.29) is 6.04 Å². The Balaban J connectivity index is 2.03. The van der Waals surface area contributed by atoms with E-state index in [0.29, 0.717) is 0 Å². The molecule has 1 N–H and O–H groups in total. The Kier molecular flexibility index (Phi) is 4.13. The van der Waals surface area contributed by atoms with E-state index in [1.165, 1.54) is 5.56 Å². The molecule has 0 spiro atoms. The molecule has 0 heterocycles. The van der Waals surface area contributed by atoms with E-state index in [4.69, 9.17) is 0 Å². The standard InChI is InChI=1S/C16H18N2/c1-13(15-9-5-3-6-10-15)17-18-14(2)16-11-7-4-8-12-16/h3-13,17H,1-2H3/b18-14+. The molecule has 2 heteroatoms. The zero-order valence-electron chi connectivity index (χ0n) is 10.8. The lowest BCUT2D eigenvalue weighted by Crippen LogP contribution is -2.14. The molecule has 1 unspecified atom stereocenters. The first-order valence-electron chi connectivity index (χ1n) is 6.17. The maximum atomic E-state index is 4.44. The third kappa shape index (κ3) is 3.20. The predicted octanol–water partition coefficient (Wildman–Crippen LogP) is 3.76. The second-order valence-electron chi connectivity index (χ2n) is 4.32. The van der Waals surface area contributed by atoms with Crippen molar-refractivity contribution in [2.45, 2.75) is 19.9 Å². The predicted molar refractivity (Wildman–Crippen MR) is 76.6 cm³/mol. The normalized spacial score (nSPS) is 13.1. The quantitative estimate of drug-likeness (QED) is 0.636. The van der Waals surface area contributed by atoms with Crippen LogP contribution in [-0.2, 0) is 0 Å². The molecule has 18 heavy (non-hydrogen) atoms. The van der Waals surface area contributed by atoms with Crippen molar-refractivity contribution < 1.29 is 0 Å². The van der Waals surface area contributed by atoms with Crippen LogP contribution in [0.4, 0.5) is 0 Å². The van der Waals surface area contributed by atoms with Gasteiger partial charge in [0.05, 0.1) is 11.8 Å². The summed E-state index contributed by atoms with van der Waals surface area (Å²) >= 11 is 0. The largest absolute Gasteiger partial charge is 0.303 e. The van der Waals surface area contributed by atoms with Gasteiger partial charge in [-0.05, 0) is 25.0 Å². The maximum Gasteiger partial charge on any atom is 0.0661 e. The Morgan fingerprint density at radius 3 is 2.11 bits per heavy atom. The molecule has 0 bridgehead atoms. The van der Waals surface area contributed by atoms with Crippen molar-refractivity contribution in [3.63, 3.8) is 0 Å². The van der Waals surface area contributed by atoms with Crippen molar-refractivity contribution in [1.82, 2.24) is 5.43 Å². The molecule has 0 saturated carbocycles. The van der Waals surface area contributed by atoms with Crippen LogP contribution in [0.5, 0.6) is 0 Å². The summed E-state index contributed by atoms with van der Waals surface area (Å²) in [5.74, 6) is 0. The molecule has 0 aromatic heterocycles. The fourth-order valence-corrected chi connectivity index (χ4v) is 1.75. The first-order valence-corrected chi connectivity index (χ1v) is 6.17. The summed E-state index contributed by atoms with van der Waals surface area (Å²) in [7, 11) is 0. The summed E-state index contributed by atoms with van der Waals surface area (Å²) in [6, 6.07) is 20.7. The molecule has 2 rings (SSSR count). The van der Waals surface area contributed by atoms with Crippen molar-refractivity contribution in [2.75, 3.05) is 0 Å². The topological polar surface area (TPSA) is 24.4 Å². The Morgan fingerprint density at radius 2 is 1.50 bits per heavy atom. The number of nitrogens with one attached hydrogen (secondary N) is 1. The van der Waals surface area contributed by atoms with E-state index in [0.717, 1.165) is 11.3 Å². The molecule has 0 aliphatic rings. The Labute approximate surface area is 108 Å². The second kappa shape index (κ2) is 6.01. The summed E-state index contributed by atoms with van der Waals surface area (Å²) in [5.41, 5.74) is 6.57. The highest BCUT2D eigenvalue weighted by atomic mass is 15.3. The molecule has 0 radical (unpaired) electrons. The van der Waals surface area contributed by atoms with Gasteiger partial charge >= 0.3 is 0 Å². The molecule has 0 aliphatic carbocycles. The number of hydrogen-bond acceptors (Lipinski definition) is 2. The smallest absolute Gasteiger partial charge is 0.0661 e. The van der Waals surface area contributed by atoms with Gasteiger partial charge < -0.3 is 5.43 Å². The minimum absolute atomic E-state index is 0.213. The lowest BCUT2D eigenvalue weighted by Gasteiger charge is -2.12. The molecule has 2 nitrogen and oxygen atoms in total. The average Bonchev–Trinajstić information content (AvgIpc) is 2.46. The summed E-state index contributed by atoms with van der Waals surface area (Å²) in [6.45, 7) is 4.12. The van der Waals surface area contributed by atoms with Crippen LogP contribution < -0.4 is 5.43 Å². The van der Waals surface area contributed by atoms with E-state index in [1.54, 1.807) is 0 Å². The van der Waals surface area contributed by atoms with Gasteiger partial charge in [-0.15, -0.1) is 0 Å². The molecular weight excluding hydrogens is 220 g/mol. The van der Waals surface area contributed by atoms with Gasteiger partial charge in [0.15, 0.2) is 0 Å². The van der Waals surface area contributed by atoms with Crippen LogP contribution in [0, 0.1) is 0 Å². The van der Waals surface area contributed by atoms with Gasteiger partial charge in [-0.25, -0.2) is 0 Å². The van der Waals surface area contributed by atoms with Crippen molar-refractivity contribution in [2.24, 2.45) is 5.10 Å². The molecule has 1 atom stereocenters. The molecule has 0 amide bonds. The van der Waals surface area contributed by atoms with Crippen LogP contribution in [0.15, 0.2) is 65.8 Å². The molecule has 92 valence electrons. The maximum absolute atomic E-state index is 4.44. The summed E-state index contributed by atoms with van der Waals surface area (Å²) < 4.78 is 0. The Bertz CT molecular complexity index is 503. The highest BCUT2D eigenvalue weighted by molar-refractivity contribution is 5.98. The number of nitrogens with zero attached hydrogens (tertiary/aromatic N) is 1. The van der Waals surface area contributed by atoms with E-state index >= 15 is 0 Å². The third-order valence-electron chi connectivity index (χ3n) is 2.92. The van der Waals surface area contributed by atoms with Crippen molar-refractivity contribution in [3.8, 4) is 0 Å². The number of rotatable bonds is 4. The molecule has 0 aliphatic heterocycles. The van der Waals surface area contributed by atoms with Crippen molar-refractivity contribution in [3.05, 3.63) is 71.8 Å². The second-order valence-corrected chi connectivity index (χ2v) is 4.32. The number of benzene rings is 2. The van der Waals surface area contributed by atoms with Gasteiger partial charge in [-0.2, -0.15) is 5.10 Å². The highest BCUT2D eigenvalue weighted by Gasteiger charge is 2.02. The summed E-state index contributed by atoms with van der Waals surface area (Å²) in [4.78, 5) is 0. The van der Waals surface area contributed by atoms with E-state index in [9.17, 15) is 0 Å². The zero-order valence-corrected chi connectivity index (χ0v) is 10.8. The number of hydrazone groups is 1. The first-order chi connectivity index (χ1) is 8.77. The third-order valence-corrected chi connectivity index (χ3v) is 2.92. The Hall–Kier alpha value is -2.09. The lowest BCUT2D eigenvalue weighted by atomic mass is 10.1. The molecule has 0 fully saturated rings. The molecule has 2 aromatic rings. The summed E-state index contributed by atoms with van der Waals surface area (Å²) in [5, 5.41) is 4.44. The lowest BCUT2D eigenvalue weighted by molar-refractivity contribution is 0.605. The van der Waals surface area contributed by atoms with Crippen LogP contribution in [-0.4, -0.2) is 5.71 Å². The van der Waals surface area contributed by atoms with E-state index < -0.39 is 0 Å². The van der Waals surface area contributed by atoms with Gasteiger partial charge in [-0.3, -0.25) is 0 Å². The highest BCUT2D eigenvalue weighted by Crippen LogP contribution is 2.11. The van der Waals surface area contributed by atoms with Crippen LogP contribution in [0.1, 0.15) is 31.0 Å². The van der Waals surface area contributed by atoms with E-state index in [1.807, 2.05) is 43.3 Å². The Morgan fingerprint density at radius 1 is 0.944 bits per heavy atom. The van der Waals surface area contributed by atoms with Gasteiger partial charge in [0.2, 0.25) is 0 Å². The van der Waals surface area contributed by atoms with Crippen LogP contribution >= 0.6 is 0 Å². The SMILES string of the molecule is C/C(=N\NC(C)c1ccccc1)c1ccccc1. The van der Waals surface area contributed by atoms with Crippen molar-refractivity contribution >= 4 is 5.71 Å². The van der Waals surface area contributed by atoms with Gasteiger partial charge in [0.25, 0.3) is 0 Å². The van der Waals surface area contributed by atoms with Gasteiger partial charge in [0, 0.05) is 0 Å². The molecule has 2 aromatic carbocycles. The van der Waals surface area contributed by atoms with Crippen LogP contribution in [0.2, 0.25) is 0 Å². The van der Waals surface area contributed by atoms with Gasteiger partial charge in [0.1, 0.15) is 0 Å². The van der Waals surface area contributed by atoms with Crippen molar-refractivity contribution in [1.29, 1.82) is 0 Å². The monoisotopic (exact) mass is 238 g/mol. The first kappa shape index (κ1) is 12.4. The van der Waals surface area contributed by atoms with Gasteiger partial charge in [-0.1, -0.05) is 60.7 Å². The van der Waals surface area contributed by atoms with Crippen LogP contribution in [0.25, 0.3) is 0 Å². The molecular formula is C16H18N2. The van der Waals surface area contributed by atoms with E-state index in [2.05, 4.69) is 41.7 Å². The zero-order chi connectivity index (χ0) is 12.8. The molecule has 0 saturated heterocycles. The fourth-order valence-electron chi connectivity index (χ4n) is 1.75. The summed E-state index contributed by atoms with van der Waals surface area (Å²) in [6.07, 6.45) is 0. The van der Waals surface area contributed by atoms with Crippen LogP contribution in [0.3, 0.4) is 0 Å². The average molecular weight is 238 g/mol. The minimum Gasteiger partial charge on any atom is -0.303 e. The fraction of sp³-hybridized carbons (Fsp3) is 0.188. The minimum atomic E-state index is 0.213.